The Kier molecular flexibility index (Phi) is 7.00. The van der Waals surface area contributed by atoms with Crippen molar-refractivity contribution in [2.24, 2.45) is 0 Å². The summed E-state index contributed by atoms with van der Waals surface area (Å²) in [6.07, 6.45) is 0.928. The molecule has 0 atom stereocenters. The summed E-state index contributed by atoms with van der Waals surface area (Å²) >= 11 is 11.8. The second-order valence-corrected chi connectivity index (χ2v) is 7.72. The Labute approximate surface area is 171 Å². The standard InChI is InChI=1S/C21H25Cl2N3O/c1-16-4-2-5-18(14-16)26-12-10-25(11-13-26)9-3-8-24-21(27)17-6-7-19(22)20(23)15-17/h2,4-7,14-15H,3,8-13H2,1H3,(H,24,27). The Balaban J connectivity index is 1.37. The molecular weight excluding hydrogens is 381 g/mol. The molecule has 0 saturated carbocycles. The summed E-state index contributed by atoms with van der Waals surface area (Å²) in [4.78, 5) is 17.0. The molecule has 1 aliphatic rings. The fourth-order valence-corrected chi connectivity index (χ4v) is 3.60. The number of piperazine rings is 1. The third kappa shape index (κ3) is 5.61. The van der Waals surface area contributed by atoms with Gasteiger partial charge in [0.25, 0.3) is 5.91 Å². The van der Waals surface area contributed by atoms with Crippen molar-refractivity contribution in [3.63, 3.8) is 0 Å². The molecule has 0 aliphatic carbocycles. The van der Waals surface area contributed by atoms with E-state index in [9.17, 15) is 4.79 Å². The number of rotatable bonds is 6. The topological polar surface area (TPSA) is 35.6 Å². The summed E-state index contributed by atoms with van der Waals surface area (Å²) in [6, 6.07) is 13.6. The van der Waals surface area contributed by atoms with E-state index in [4.69, 9.17) is 23.2 Å². The van der Waals surface area contributed by atoms with Crippen LogP contribution in [-0.4, -0.2) is 50.1 Å². The molecule has 0 bridgehead atoms. The summed E-state index contributed by atoms with van der Waals surface area (Å²) in [7, 11) is 0. The van der Waals surface area contributed by atoms with E-state index >= 15 is 0 Å². The highest BCUT2D eigenvalue weighted by Crippen LogP contribution is 2.22. The number of hydrogen-bond donors (Lipinski definition) is 1. The van der Waals surface area contributed by atoms with E-state index in [-0.39, 0.29) is 5.91 Å². The summed E-state index contributed by atoms with van der Waals surface area (Å²) in [5.74, 6) is -0.113. The number of nitrogens with one attached hydrogen (secondary N) is 1. The van der Waals surface area contributed by atoms with Crippen molar-refractivity contribution in [1.82, 2.24) is 10.2 Å². The molecule has 1 saturated heterocycles. The van der Waals surface area contributed by atoms with Crippen molar-refractivity contribution < 1.29 is 4.79 Å². The largest absolute Gasteiger partial charge is 0.369 e. The van der Waals surface area contributed by atoms with Gasteiger partial charge in [-0.25, -0.2) is 0 Å². The minimum atomic E-state index is -0.113. The van der Waals surface area contributed by atoms with Gasteiger partial charge in [-0.1, -0.05) is 35.3 Å². The number of aryl methyl sites for hydroxylation is 1. The van der Waals surface area contributed by atoms with Crippen molar-refractivity contribution in [3.8, 4) is 0 Å². The Hall–Kier alpha value is -1.75. The monoisotopic (exact) mass is 405 g/mol. The van der Waals surface area contributed by atoms with Crippen LogP contribution in [-0.2, 0) is 0 Å². The molecule has 0 spiro atoms. The number of benzene rings is 2. The smallest absolute Gasteiger partial charge is 0.251 e. The summed E-state index contributed by atoms with van der Waals surface area (Å²) in [5.41, 5.74) is 3.15. The number of amides is 1. The van der Waals surface area contributed by atoms with Crippen molar-refractivity contribution >= 4 is 34.8 Å². The van der Waals surface area contributed by atoms with Gasteiger partial charge in [0.05, 0.1) is 10.0 Å². The second-order valence-electron chi connectivity index (χ2n) is 6.91. The quantitative estimate of drug-likeness (QED) is 0.729. The molecule has 2 aromatic rings. The summed E-state index contributed by atoms with van der Waals surface area (Å²) in [6.45, 7) is 7.95. The van der Waals surface area contributed by atoms with Gasteiger partial charge >= 0.3 is 0 Å². The van der Waals surface area contributed by atoms with Crippen LogP contribution in [0.1, 0.15) is 22.3 Å². The molecule has 2 aromatic carbocycles. The molecule has 0 aromatic heterocycles. The molecular formula is C21H25Cl2N3O. The van der Waals surface area contributed by atoms with E-state index in [1.165, 1.54) is 11.3 Å². The Morgan fingerprint density at radius 2 is 1.81 bits per heavy atom. The summed E-state index contributed by atoms with van der Waals surface area (Å²) in [5, 5.41) is 3.80. The van der Waals surface area contributed by atoms with E-state index in [2.05, 4.69) is 46.3 Å². The van der Waals surface area contributed by atoms with Crippen LogP contribution in [0.25, 0.3) is 0 Å². The third-order valence-corrected chi connectivity index (χ3v) is 5.60. The van der Waals surface area contributed by atoms with Crippen molar-refractivity contribution in [2.45, 2.75) is 13.3 Å². The van der Waals surface area contributed by atoms with Crippen LogP contribution in [0, 0.1) is 6.92 Å². The maximum atomic E-state index is 12.2. The molecule has 1 amide bonds. The predicted octanol–water partition coefficient (Wildman–Crippen LogP) is 4.24. The molecule has 1 N–H and O–H groups in total. The molecule has 27 heavy (non-hydrogen) atoms. The predicted molar refractivity (Wildman–Crippen MR) is 113 cm³/mol. The van der Waals surface area contributed by atoms with Crippen LogP contribution in [0.5, 0.6) is 0 Å². The van der Waals surface area contributed by atoms with Crippen molar-refractivity contribution in [1.29, 1.82) is 0 Å². The maximum absolute atomic E-state index is 12.2. The zero-order valence-electron chi connectivity index (χ0n) is 15.5. The normalized spacial score (nSPS) is 15.0. The van der Waals surface area contributed by atoms with Gasteiger partial charge in [-0.3, -0.25) is 9.69 Å². The molecule has 1 heterocycles. The Morgan fingerprint density at radius 3 is 2.52 bits per heavy atom. The van der Waals surface area contributed by atoms with Gasteiger partial charge in [0.1, 0.15) is 0 Å². The van der Waals surface area contributed by atoms with Crippen LogP contribution >= 0.6 is 23.2 Å². The van der Waals surface area contributed by atoms with Gasteiger partial charge in [-0.05, 0) is 55.8 Å². The van der Waals surface area contributed by atoms with E-state index in [0.29, 0.717) is 22.2 Å². The molecule has 3 rings (SSSR count). The van der Waals surface area contributed by atoms with Crippen molar-refractivity contribution in [3.05, 3.63) is 63.6 Å². The summed E-state index contributed by atoms with van der Waals surface area (Å²) < 4.78 is 0. The fourth-order valence-electron chi connectivity index (χ4n) is 3.30. The van der Waals surface area contributed by atoms with Gasteiger partial charge in [0.15, 0.2) is 0 Å². The number of carbonyl (C=O) groups excluding carboxylic acids is 1. The number of hydrogen-bond acceptors (Lipinski definition) is 3. The van der Waals surface area contributed by atoms with E-state index in [1.54, 1.807) is 18.2 Å². The first-order valence-corrected chi connectivity index (χ1v) is 10.1. The van der Waals surface area contributed by atoms with E-state index < -0.39 is 0 Å². The van der Waals surface area contributed by atoms with Gasteiger partial charge in [0, 0.05) is 44.0 Å². The third-order valence-electron chi connectivity index (χ3n) is 4.86. The molecule has 0 radical (unpaired) electrons. The lowest BCUT2D eigenvalue weighted by Crippen LogP contribution is -2.47. The molecule has 1 aliphatic heterocycles. The molecule has 0 unspecified atom stereocenters. The maximum Gasteiger partial charge on any atom is 0.251 e. The lowest BCUT2D eigenvalue weighted by molar-refractivity contribution is 0.0951. The van der Waals surface area contributed by atoms with Gasteiger partial charge in [0.2, 0.25) is 0 Å². The second kappa shape index (κ2) is 9.45. The first-order valence-electron chi connectivity index (χ1n) is 9.30. The van der Waals surface area contributed by atoms with Crippen molar-refractivity contribution in [2.75, 3.05) is 44.2 Å². The lowest BCUT2D eigenvalue weighted by Gasteiger charge is -2.36. The Bertz CT molecular complexity index is 789. The van der Waals surface area contributed by atoms with Gasteiger partial charge in [-0.15, -0.1) is 0 Å². The highest BCUT2D eigenvalue weighted by atomic mass is 35.5. The minimum Gasteiger partial charge on any atom is -0.369 e. The first-order chi connectivity index (χ1) is 13.0. The van der Waals surface area contributed by atoms with Crippen LogP contribution in [0.15, 0.2) is 42.5 Å². The molecule has 4 nitrogen and oxygen atoms in total. The zero-order chi connectivity index (χ0) is 19.2. The number of halogens is 2. The lowest BCUT2D eigenvalue weighted by atomic mass is 10.2. The average molecular weight is 406 g/mol. The molecule has 6 heteroatoms. The van der Waals surface area contributed by atoms with E-state index in [1.807, 2.05) is 0 Å². The zero-order valence-corrected chi connectivity index (χ0v) is 17.1. The first kappa shape index (κ1) is 20.0. The van der Waals surface area contributed by atoms with E-state index in [0.717, 1.165) is 39.1 Å². The number of nitrogens with zero attached hydrogens (tertiary/aromatic N) is 2. The van der Waals surface area contributed by atoms with Gasteiger partial charge < -0.3 is 10.2 Å². The Morgan fingerprint density at radius 1 is 1.04 bits per heavy atom. The number of anilines is 1. The average Bonchev–Trinajstić information content (AvgIpc) is 2.67. The fraction of sp³-hybridized carbons (Fsp3) is 0.381. The van der Waals surface area contributed by atoms with Gasteiger partial charge in [-0.2, -0.15) is 0 Å². The minimum absolute atomic E-state index is 0.113. The number of carbonyl (C=O) groups is 1. The molecule has 144 valence electrons. The highest BCUT2D eigenvalue weighted by Gasteiger charge is 2.17. The van der Waals surface area contributed by atoms with Crippen LogP contribution in [0.4, 0.5) is 5.69 Å². The van der Waals surface area contributed by atoms with Crippen LogP contribution in [0.2, 0.25) is 10.0 Å². The molecule has 1 fully saturated rings. The van der Waals surface area contributed by atoms with Crippen LogP contribution in [0.3, 0.4) is 0 Å². The highest BCUT2D eigenvalue weighted by molar-refractivity contribution is 6.42. The SMILES string of the molecule is Cc1cccc(N2CCN(CCCNC(=O)c3ccc(Cl)c(Cl)c3)CC2)c1. The van der Waals surface area contributed by atoms with Crippen LogP contribution < -0.4 is 10.2 Å².